The molecule has 2 aliphatic heterocycles. The van der Waals surface area contributed by atoms with Crippen LogP contribution in [0.15, 0.2) is 42.9 Å². The third-order valence-corrected chi connectivity index (χ3v) is 6.64. The maximum atomic E-state index is 5.54. The molecule has 0 amide bonds. The lowest BCUT2D eigenvalue weighted by Gasteiger charge is -2.24. The number of nitrogens with one attached hydrogen (secondary N) is 3. The molecule has 3 N–H and O–H groups in total. The summed E-state index contributed by atoms with van der Waals surface area (Å²) in [6.45, 7) is 4.36. The molecule has 5 heterocycles. The van der Waals surface area contributed by atoms with Crippen LogP contribution in [-0.2, 0) is 11.8 Å². The van der Waals surface area contributed by atoms with Crippen LogP contribution in [0.25, 0.3) is 22.3 Å². The molecule has 0 radical (unpaired) electrons. The quantitative estimate of drug-likeness (QED) is 0.421. The Hall–Kier alpha value is -3.72. The minimum Gasteiger partial charge on any atom is -0.381 e. The highest BCUT2D eigenvalue weighted by molar-refractivity contribution is 5.96. The zero-order chi connectivity index (χ0) is 23.1. The number of imidazole rings is 1. The lowest BCUT2D eigenvalue weighted by molar-refractivity contribution is 0.0853. The minimum atomic E-state index is -0.0938. The molecule has 34 heavy (non-hydrogen) atoms. The lowest BCUT2D eigenvalue weighted by Crippen LogP contribution is -2.25. The van der Waals surface area contributed by atoms with Crippen LogP contribution in [0, 0.1) is 0 Å². The Balaban J connectivity index is 1.40. The summed E-state index contributed by atoms with van der Waals surface area (Å²) in [4.78, 5) is 17.4. The second-order valence-electron chi connectivity index (χ2n) is 8.99. The Morgan fingerprint density at radius 3 is 2.82 bits per heavy atom. The number of aryl methyl sites for hydroxylation is 1. The topological polar surface area (TPSA) is 106 Å². The average Bonchev–Trinajstić information content (AvgIpc) is 3.47. The Labute approximate surface area is 197 Å². The smallest absolute Gasteiger partial charge is 0.150 e. The van der Waals surface area contributed by atoms with Crippen LogP contribution in [0.3, 0.4) is 0 Å². The van der Waals surface area contributed by atoms with Crippen molar-refractivity contribution in [2.24, 2.45) is 7.05 Å². The van der Waals surface area contributed by atoms with Gasteiger partial charge >= 0.3 is 0 Å². The number of fused-ring (bicyclic) bond motifs is 2. The van der Waals surface area contributed by atoms with Gasteiger partial charge in [0, 0.05) is 51.0 Å². The van der Waals surface area contributed by atoms with Crippen molar-refractivity contribution < 1.29 is 4.74 Å². The summed E-state index contributed by atoms with van der Waals surface area (Å²) in [6.07, 6.45) is 7.66. The monoisotopic (exact) mass is 456 g/mol. The van der Waals surface area contributed by atoms with Gasteiger partial charge in [0.1, 0.15) is 17.3 Å². The number of aromatic amines is 1. The maximum Gasteiger partial charge on any atom is 0.150 e. The predicted molar refractivity (Wildman–Crippen MR) is 131 cm³/mol. The number of ether oxygens (including phenoxy) is 1. The van der Waals surface area contributed by atoms with Gasteiger partial charge in [0.25, 0.3) is 0 Å². The summed E-state index contributed by atoms with van der Waals surface area (Å²) in [5.41, 5.74) is 7.21. The second kappa shape index (κ2) is 8.57. The van der Waals surface area contributed by atoms with Gasteiger partial charge in [-0.1, -0.05) is 6.07 Å². The summed E-state index contributed by atoms with van der Waals surface area (Å²) >= 11 is 0. The van der Waals surface area contributed by atoms with Gasteiger partial charge in [-0.15, -0.1) is 0 Å². The molecule has 6 rings (SSSR count). The molecule has 174 valence electrons. The number of H-pyrrole nitrogens is 1. The van der Waals surface area contributed by atoms with E-state index in [1.54, 1.807) is 12.4 Å². The SMILES string of the molecule is C[C@H](NC1=C(c2nc3ccc(C4CCOCC4)cc3[nH]2)CNc2cn(C)nc21)c1ncccn1. The Kier molecular flexibility index (Phi) is 5.26. The molecule has 3 aromatic heterocycles. The third-order valence-electron chi connectivity index (χ3n) is 6.64. The zero-order valence-corrected chi connectivity index (χ0v) is 19.4. The van der Waals surface area contributed by atoms with Crippen LogP contribution < -0.4 is 10.6 Å². The fraction of sp³-hybridized carbons (Fsp3) is 0.360. The van der Waals surface area contributed by atoms with Crippen LogP contribution in [0.1, 0.15) is 54.6 Å². The van der Waals surface area contributed by atoms with Crippen LogP contribution in [0.5, 0.6) is 0 Å². The third kappa shape index (κ3) is 3.81. The molecule has 4 aromatic rings. The molecular formula is C25H28N8O. The lowest BCUT2D eigenvalue weighted by atomic mass is 9.91. The first-order valence-electron chi connectivity index (χ1n) is 11.8. The number of anilines is 1. The van der Waals surface area contributed by atoms with E-state index in [0.29, 0.717) is 12.5 Å². The molecule has 0 spiro atoms. The van der Waals surface area contributed by atoms with E-state index < -0.39 is 0 Å². The number of nitrogens with zero attached hydrogens (tertiary/aromatic N) is 5. The summed E-state index contributed by atoms with van der Waals surface area (Å²) in [5, 5.41) is 11.8. The van der Waals surface area contributed by atoms with Gasteiger partial charge in [0.2, 0.25) is 0 Å². The molecule has 0 bridgehead atoms. The average molecular weight is 457 g/mol. The van der Waals surface area contributed by atoms with E-state index in [9.17, 15) is 0 Å². The molecule has 0 unspecified atom stereocenters. The highest BCUT2D eigenvalue weighted by Crippen LogP contribution is 2.35. The van der Waals surface area contributed by atoms with Crippen molar-refractivity contribution in [2.75, 3.05) is 25.1 Å². The molecule has 2 aliphatic rings. The van der Waals surface area contributed by atoms with Crippen LogP contribution in [0.4, 0.5) is 5.69 Å². The summed E-state index contributed by atoms with van der Waals surface area (Å²) < 4.78 is 7.37. The van der Waals surface area contributed by atoms with Crippen LogP contribution in [0.2, 0.25) is 0 Å². The van der Waals surface area contributed by atoms with E-state index in [1.165, 1.54) is 5.56 Å². The first-order valence-corrected chi connectivity index (χ1v) is 11.8. The number of hydrogen-bond acceptors (Lipinski definition) is 7. The fourth-order valence-electron chi connectivity index (χ4n) is 4.85. The van der Waals surface area contributed by atoms with Crippen LogP contribution in [-0.4, -0.2) is 49.5 Å². The van der Waals surface area contributed by atoms with Gasteiger partial charge in [-0.05, 0) is 49.4 Å². The van der Waals surface area contributed by atoms with Crippen molar-refractivity contribution in [3.05, 3.63) is 65.8 Å². The van der Waals surface area contributed by atoms with E-state index in [4.69, 9.17) is 14.8 Å². The number of aromatic nitrogens is 6. The standard InChI is InChI=1S/C25H28N8O/c1-15(24-26-8-3-9-27-24)29-22-18(13-28-21-14-33(2)32-23(21)22)25-30-19-5-4-17(12-20(19)31-25)16-6-10-34-11-7-16/h3-5,8-9,12,14-16,28-29H,6-7,10-11,13H2,1-2H3,(H,30,31)/t15-/m0/s1. The number of rotatable bonds is 5. The van der Waals surface area contributed by atoms with Crippen molar-refractivity contribution >= 4 is 28.0 Å². The molecule has 0 aliphatic carbocycles. The second-order valence-corrected chi connectivity index (χ2v) is 8.99. The zero-order valence-electron chi connectivity index (χ0n) is 19.4. The predicted octanol–water partition coefficient (Wildman–Crippen LogP) is 3.63. The van der Waals surface area contributed by atoms with E-state index >= 15 is 0 Å². The van der Waals surface area contributed by atoms with Gasteiger partial charge in [-0.2, -0.15) is 5.10 Å². The number of hydrogen-bond donors (Lipinski definition) is 3. The first kappa shape index (κ1) is 20.9. The Bertz CT molecular complexity index is 1350. The van der Waals surface area contributed by atoms with Crippen LogP contribution >= 0.6 is 0 Å². The van der Waals surface area contributed by atoms with Gasteiger partial charge in [0.05, 0.1) is 28.5 Å². The highest BCUT2D eigenvalue weighted by Gasteiger charge is 2.27. The normalized spacial score (nSPS) is 17.5. The van der Waals surface area contributed by atoms with E-state index in [-0.39, 0.29) is 6.04 Å². The summed E-state index contributed by atoms with van der Waals surface area (Å²) in [6, 6.07) is 8.31. The molecule has 9 nitrogen and oxygen atoms in total. The van der Waals surface area contributed by atoms with Gasteiger partial charge in [0.15, 0.2) is 0 Å². The fourth-order valence-corrected chi connectivity index (χ4v) is 4.85. The summed E-state index contributed by atoms with van der Waals surface area (Å²) in [7, 11) is 1.93. The Morgan fingerprint density at radius 1 is 1.18 bits per heavy atom. The summed E-state index contributed by atoms with van der Waals surface area (Å²) in [5.74, 6) is 2.11. The molecule has 1 fully saturated rings. The van der Waals surface area contributed by atoms with Crippen molar-refractivity contribution in [1.82, 2.24) is 35.0 Å². The van der Waals surface area contributed by atoms with Crippen molar-refractivity contribution in [3.63, 3.8) is 0 Å². The molecule has 1 aromatic carbocycles. The molecule has 0 saturated carbocycles. The largest absolute Gasteiger partial charge is 0.381 e. The van der Waals surface area contributed by atoms with Gasteiger partial charge in [-0.25, -0.2) is 15.0 Å². The molecule has 1 atom stereocenters. The van der Waals surface area contributed by atoms with E-state index in [1.807, 2.05) is 24.0 Å². The minimum absolute atomic E-state index is 0.0938. The van der Waals surface area contributed by atoms with Crippen molar-refractivity contribution in [1.29, 1.82) is 0 Å². The van der Waals surface area contributed by atoms with Gasteiger partial charge in [-0.3, -0.25) is 4.68 Å². The van der Waals surface area contributed by atoms with E-state index in [0.717, 1.165) is 71.4 Å². The van der Waals surface area contributed by atoms with E-state index in [2.05, 4.69) is 50.7 Å². The van der Waals surface area contributed by atoms with Crippen molar-refractivity contribution in [2.45, 2.75) is 31.7 Å². The first-order chi connectivity index (χ1) is 16.7. The molecule has 9 heteroatoms. The Morgan fingerprint density at radius 2 is 2.00 bits per heavy atom. The van der Waals surface area contributed by atoms with Gasteiger partial charge < -0.3 is 20.4 Å². The highest BCUT2D eigenvalue weighted by atomic mass is 16.5. The van der Waals surface area contributed by atoms with Crippen molar-refractivity contribution in [3.8, 4) is 0 Å². The molecular weight excluding hydrogens is 428 g/mol. The maximum absolute atomic E-state index is 5.54. The number of benzene rings is 1. The molecule has 1 saturated heterocycles.